The number of fused-ring (bicyclic) bond motifs is 1. The minimum Gasteiger partial charge on any atom is -0.373 e. The summed E-state index contributed by atoms with van der Waals surface area (Å²) >= 11 is 0. The number of non-ortho nitro benzene ring substituents is 1. The van der Waals surface area contributed by atoms with E-state index in [9.17, 15) is 25.8 Å². The summed E-state index contributed by atoms with van der Waals surface area (Å²) in [6.45, 7) is 0.234. The topological polar surface area (TPSA) is 184 Å². The van der Waals surface area contributed by atoms with Crippen molar-refractivity contribution in [2.24, 2.45) is 5.11 Å². The summed E-state index contributed by atoms with van der Waals surface area (Å²) in [6.07, 6.45) is -3.34. The molecule has 206 valence electrons. The zero-order chi connectivity index (χ0) is 28.1. The lowest BCUT2D eigenvalue weighted by Gasteiger charge is -2.48. The molecule has 14 nitrogen and oxygen atoms in total. The summed E-state index contributed by atoms with van der Waals surface area (Å²) < 4.78 is 24.4. The van der Waals surface area contributed by atoms with Gasteiger partial charge in [0.15, 0.2) is 12.6 Å². The third kappa shape index (κ3) is 5.86. The minimum atomic E-state index is -1.06. The first kappa shape index (κ1) is 27.0. The van der Waals surface area contributed by atoms with Crippen molar-refractivity contribution in [1.82, 2.24) is 0 Å². The van der Waals surface area contributed by atoms with E-state index in [2.05, 4.69) is 15.3 Å². The molecule has 5 rings (SSSR count). The molecule has 0 aromatic heterocycles. The van der Waals surface area contributed by atoms with Crippen molar-refractivity contribution in [3.05, 3.63) is 121 Å². The summed E-state index contributed by atoms with van der Waals surface area (Å²) in [4.78, 5) is 24.6. The van der Waals surface area contributed by atoms with Gasteiger partial charge in [-0.15, -0.1) is 0 Å². The quantitative estimate of drug-likeness (QED) is 0.126. The fourth-order valence-electron chi connectivity index (χ4n) is 4.71. The van der Waals surface area contributed by atoms with Gasteiger partial charge in [-0.1, -0.05) is 65.8 Å². The molecule has 3 aromatic carbocycles. The Labute approximate surface area is 227 Å². The van der Waals surface area contributed by atoms with Gasteiger partial charge in [-0.05, 0) is 17.2 Å². The number of ether oxygens (including phenoxy) is 4. The predicted octanol–water partition coefficient (Wildman–Crippen LogP) is 5.02. The SMILES string of the molecule is [N-]=[N+]=N[C@@H]1[C@@H](OCc2ccccc2)O[C@@H]2CO[C@H](c3ccccc3)O[C@H]2[C@H]1Nc1ccc([N+](=O)[O-])cc1[N+](=O)[O-]. The van der Waals surface area contributed by atoms with Crippen LogP contribution in [0.3, 0.4) is 0 Å². The molecular formula is C26H24N6O8. The van der Waals surface area contributed by atoms with Crippen LogP contribution in [0, 0.1) is 20.2 Å². The van der Waals surface area contributed by atoms with Crippen LogP contribution in [0.1, 0.15) is 17.4 Å². The van der Waals surface area contributed by atoms with Gasteiger partial charge in [-0.3, -0.25) is 20.2 Å². The fourth-order valence-corrected chi connectivity index (χ4v) is 4.71. The highest BCUT2D eigenvalue weighted by atomic mass is 16.7. The number of anilines is 1. The number of hydrogen-bond donors (Lipinski definition) is 1. The van der Waals surface area contributed by atoms with Gasteiger partial charge >= 0.3 is 0 Å². The van der Waals surface area contributed by atoms with Gasteiger partial charge in [0.25, 0.3) is 11.4 Å². The van der Waals surface area contributed by atoms with Gasteiger partial charge in [0.2, 0.25) is 0 Å². The molecule has 2 fully saturated rings. The van der Waals surface area contributed by atoms with E-state index in [0.717, 1.165) is 23.3 Å². The Bertz CT molecular complexity index is 1400. The largest absolute Gasteiger partial charge is 0.373 e. The number of nitro benzene ring substituents is 2. The predicted molar refractivity (Wildman–Crippen MR) is 140 cm³/mol. The van der Waals surface area contributed by atoms with Crippen LogP contribution in [0.15, 0.2) is 84.0 Å². The number of nitro groups is 2. The number of benzene rings is 3. The minimum absolute atomic E-state index is 0.0208. The average molecular weight is 549 g/mol. The van der Waals surface area contributed by atoms with E-state index in [-0.39, 0.29) is 18.9 Å². The zero-order valence-electron chi connectivity index (χ0n) is 20.9. The van der Waals surface area contributed by atoms with E-state index < -0.39 is 58.1 Å². The van der Waals surface area contributed by atoms with Crippen LogP contribution in [-0.4, -0.2) is 47.0 Å². The van der Waals surface area contributed by atoms with Crippen LogP contribution in [0.2, 0.25) is 0 Å². The standard InChI is InChI=1S/C26H24N6O8/c27-30-29-23-22(28-19-12-11-18(31(33)34)13-20(19)32(35)36)24-21(15-38-25(40-24)17-9-5-2-6-10-17)39-26(23)37-14-16-7-3-1-4-8-16/h1-13,21-26,28H,14-15H2/t21-,22+,23+,24-,25+,26+/m1/s1. The lowest BCUT2D eigenvalue weighted by Crippen LogP contribution is -2.64. The molecule has 2 aliphatic rings. The molecule has 0 aliphatic carbocycles. The van der Waals surface area contributed by atoms with Gasteiger partial charge in [0, 0.05) is 16.5 Å². The van der Waals surface area contributed by atoms with Crippen molar-refractivity contribution in [2.45, 2.75) is 43.5 Å². The molecule has 0 radical (unpaired) electrons. The summed E-state index contributed by atoms with van der Waals surface area (Å²) in [6, 6.07) is 19.8. The third-order valence-electron chi connectivity index (χ3n) is 6.59. The van der Waals surface area contributed by atoms with Crippen molar-refractivity contribution in [3.8, 4) is 0 Å². The van der Waals surface area contributed by atoms with E-state index in [4.69, 9.17) is 18.9 Å². The van der Waals surface area contributed by atoms with E-state index in [1.165, 1.54) is 6.07 Å². The highest BCUT2D eigenvalue weighted by Crippen LogP contribution is 2.38. The molecule has 2 heterocycles. The third-order valence-corrected chi connectivity index (χ3v) is 6.59. The van der Waals surface area contributed by atoms with Gasteiger partial charge in [-0.2, -0.15) is 0 Å². The molecular weight excluding hydrogens is 524 g/mol. The molecule has 0 spiro atoms. The van der Waals surface area contributed by atoms with Crippen LogP contribution < -0.4 is 5.32 Å². The Morgan fingerprint density at radius 1 is 1.00 bits per heavy atom. The first-order chi connectivity index (χ1) is 19.4. The highest BCUT2D eigenvalue weighted by Gasteiger charge is 2.50. The maximum absolute atomic E-state index is 11.8. The van der Waals surface area contributed by atoms with Gasteiger partial charge in [-0.25, -0.2) is 0 Å². The molecule has 6 atom stereocenters. The molecule has 0 saturated carbocycles. The molecule has 0 amide bonds. The summed E-state index contributed by atoms with van der Waals surface area (Å²) in [5.74, 6) is 0. The summed E-state index contributed by atoms with van der Waals surface area (Å²) in [7, 11) is 0. The molecule has 1 N–H and O–H groups in total. The van der Waals surface area contributed by atoms with Crippen LogP contribution in [0.4, 0.5) is 17.1 Å². The first-order valence-electron chi connectivity index (χ1n) is 12.3. The number of nitrogens with one attached hydrogen (secondary N) is 1. The van der Waals surface area contributed by atoms with Crippen molar-refractivity contribution < 1.29 is 28.8 Å². The number of rotatable bonds is 9. The Balaban J connectivity index is 1.50. The molecule has 14 heteroatoms. The second-order valence-corrected chi connectivity index (χ2v) is 9.10. The zero-order valence-corrected chi connectivity index (χ0v) is 20.9. The van der Waals surface area contributed by atoms with Gasteiger partial charge in [0.05, 0.1) is 35.2 Å². The second kappa shape index (κ2) is 12.1. The monoisotopic (exact) mass is 548 g/mol. The fraction of sp³-hybridized carbons (Fsp3) is 0.308. The number of nitrogens with zero attached hydrogens (tertiary/aromatic N) is 5. The Morgan fingerprint density at radius 3 is 2.40 bits per heavy atom. The van der Waals surface area contributed by atoms with Crippen LogP contribution >= 0.6 is 0 Å². The molecule has 3 aromatic rings. The number of hydrogen-bond acceptors (Lipinski definition) is 10. The Kier molecular flexibility index (Phi) is 8.15. The normalized spacial score (nSPS) is 25.7. The van der Waals surface area contributed by atoms with E-state index in [0.29, 0.717) is 0 Å². The second-order valence-electron chi connectivity index (χ2n) is 9.10. The molecule has 0 bridgehead atoms. The smallest absolute Gasteiger partial charge is 0.299 e. The highest BCUT2D eigenvalue weighted by molar-refractivity contribution is 5.66. The lowest BCUT2D eigenvalue weighted by atomic mass is 9.93. The van der Waals surface area contributed by atoms with Crippen LogP contribution in [-0.2, 0) is 25.6 Å². The molecule has 0 unspecified atom stereocenters. The molecule has 2 aliphatic heterocycles. The van der Waals surface area contributed by atoms with Crippen molar-refractivity contribution in [3.63, 3.8) is 0 Å². The van der Waals surface area contributed by atoms with E-state index in [1.54, 1.807) is 0 Å². The molecule has 40 heavy (non-hydrogen) atoms. The van der Waals surface area contributed by atoms with Crippen LogP contribution in [0.25, 0.3) is 10.4 Å². The summed E-state index contributed by atoms with van der Waals surface area (Å²) in [5, 5.41) is 30.1. The maximum atomic E-state index is 11.8. The van der Waals surface area contributed by atoms with Crippen molar-refractivity contribution in [1.29, 1.82) is 0 Å². The van der Waals surface area contributed by atoms with Gasteiger partial charge < -0.3 is 24.3 Å². The molecule has 2 saturated heterocycles. The van der Waals surface area contributed by atoms with Crippen molar-refractivity contribution >= 4 is 17.1 Å². The van der Waals surface area contributed by atoms with Crippen molar-refractivity contribution in [2.75, 3.05) is 11.9 Å². The summed E-state index contributed by atoms with van der Waals surface area (Å²) in [5.41, 5.74) is 10.0. The Morgan fingerprint density at radius 2 is 1.73 bits per heavy atom. The Hall–Kier alpha value is -4.59. The maximum Gasteiger partial charge on any atom is 0.299 e. The first-order valence-corrected chi connectivity index (χ1v) is 12.3. The van der Waals surface area contributed by atoms with E-state index >= 15 is 0 Å². The number of azide groups is 1. The van der Waals surface area contributed by atoms with E-state index in [1.807, 2.05) is 60.7 Å². The van der Waals surface area contributed by atoms with Gasteiger partial charge in [0.1, 0.15) is 23.9 Å². The average Bonchev–Trinajstić information content (AvgIpc) is 2.98. The van der Waals surface area contributed by atoms with Crippen LogP contribution in [0.5, 0.6) is 0 Å². The lowest BCUT2D eigenvalue weighted by molar-refractivity contribution is -0.393.